The number of nitrogens with zero attached hydrogens (tertiary/aromatic N) is 1. The first-order chi connectivity index (χ1) is 8.79. The van der Waals surface area contributed by atoms with Gasteiger partial charge in [0.2, 0.25) is 0 Å². The van der Waals surface area contributed by atoms with Crippen LogP contribution >= 0.6 is 11.6 Å². The number of hydrogen-bond donors (Lipinski definition) is 1. The predicted molar refractivity (Wildman–Crippen MR) is 71.4 cm³/mol. The smallest absolute Gasteiger partial charge is 0.253 e. The Morgan fingerprint density at radius 2 is 1.94 bits per heavy atom. The number of benzene rings is 1. The molecule has 0 atom stereocenters. The average Bonchev–Trinajstić information content (AvgIpc) is 2.46. The predicted octanol–water partition coefficient (Wildman–Crippen LogP) is 2.75. The van der Waals surface area contributed by atoms with Gasteiger partial charge in [0.05, 0.1) is 17.1 Å². The number of alkyl halides is 1. The molecule has 18 heavy (non-hydrogen) atoms. The van der Waals surface area contributed by atoms with E-state index in [1.165, 1.54) is 6.20 Å². The van der Waals surface area contributed by atoms with Crippen LogP contribution in [-0.2, 0) is 12.4 Å². The number of hydrogen-bond acceptors (Lipinski definition) is 2. The van der Waals surface area contributed by atoms with Crippen LogP contribution in [0.2, 0.25) is 0 Å². The Labute approximate surface area is 111 Å². The minimum atomic E-state index is -0.132. The van der Waals surface area contributed by atoms with E-state index in [0.29, 0.717) is 18.0 Å². The average molecular weight is 261 g/mol. The molecule has 0 aliphatic carbocycles. The van der Waals surface area contributed by atoms with Gasteiger partial charge in [0.25, 0.3) is 5.91 Å². The molecule has 0 unspecified atom stereocenters. The quantitative estimate of drug-likeness (QED) is 0.859. The van der Waals surface area contributed by atoms with Crippen LogP contribution in [0.25, 0.3) is 0 Å². The standard InChI is InChI=1S/C14H13ClN2O/c15-8-13-7-6-12(10-16-13)14(18)17-9-11-4-2-1-3-5-11/h1-7,10H,8-9H2,(H,17,18). The molecule has 0 aliphatic heterocycles. The van der Waals surface area contributed by atoms with Gasteiger partial charge in [0, 0.05) is 12.7 Å². The molecule has 1 aromatic carbocycles. The van der Waals surface area contributed by atoms with Crippen molar-refractivity contribution >= 4 is 17.5 Å². The monoisotopic (exact) mass is 260 g/mol. The first kappa shape index (κ1) is 12.6. The highest BCUT2D eigenvalue weighted by molar-refractivity contribution is 6.16. The van der Waals surface area contributed by atoms with Gasteiger partial charge in [-0.05, 0) is 17.7 Å². The summed E-state index contributed by atoms with van der Waals surface area (Å²) in [6, 6.07) is 13.2. The molecule has 3 nitrogen and oxygen atoms in total. The lowest BCUT2D eigenvalue weighted by atomic mass is 10.2. The third-order valence-corrected chi connectivity index (χ3v) is 2.79. The number of carbonyl (C=O) groups excluding carboxylic acids is 1. The topological polar surface area (TPSA) is 42.0 Å². The van der Waals surface area contributed by atoms with Crippen molar-refractivity contribution in [3.8, 4) is 0 Å². The fraction of sp³-hybridized carbons (Fsp3) is 0.143. The van der Waals surface area contributed by atoms with E-state index in [1.807, 2.05) is 30.3 Å². The van der Waals surface area contributed by atoms with Crippen LogP contribution in [0.15, 0.2) is 48.7 Å². The first-order valence-electron chi connectivity index (χ1n) is 5.62. The van der Waals surface area contributed by atoms with Gasteiger partial charge in [0.1, 0.15) is 0 Å². The van der Waals surface area contributed by atoms with Gasteiger partial charge in [-0.2, -0.15) is 0 Å². The Balaban J connectivity index is 1.95. The number of pyridine rings is 1. The van der Waals surface area contributed by atoms with Crippen LogP contribution < -0.4 is 5.32 Å². The molecule has 0 saturated heterocycles. The zero-order valence-corrected chi connectivity index (χ0v) is 10.5. The molecular weight excluding hydrogens is 248 g/mol. The number of rotatable bonds is 4. The molecule has 0 aliphatic rings. The summed E-state index contributed by atoms with van der Waals surface area (Å²) in [6.45, 7) is 0.511. The third kappa shape index (κ3) is 3.31. The van der Waals surface area contributed by atoms with Crippen LogP contribution in [0, 0.1) is 0 Å². The fourth-order valence-corrected chi connectivity index (χ4v) is 1.68. The van der Waals surface area contributed by atoms with E-state index < -0.39 is 0 Å². The molecule has 1 heterocycles. The first-order valence-corrected chi connectivity index (χ1v) is 6.16. The van der Waals surface area contributed by atoms with Crippen molar-refractivity contribution in [3.05, 3.63) is 65.5 Å². The third-order valence-electron chi connectivity index (χ3n) is 2.52. The van der Waals surface area contributed by atoms with Crippen LogP contribution in [0.1, 0.15) is 21.6 Å². The molecule has 4 heteroatoms. The SMILES string of the molecule is O=C(NCc1ccccc1)c1ccc(CCl)nc1. The molecule has 1 N–H and O–H groups in total. The van der Waals surface area contributed by atoms with Gasteiger partial charge in [-0.25, -0.2) is 0 Å². The molecule has 0 fully saturated rings. The number of carbonyl (C=O) groups is 1. The molecule has 2 aromatic rings. The molecule has 0 bridgehead atoms. The lowest BCUT2D eigenvalue weighted by molar-refractivity contribution is 0.0950. The number of amides is 1. The highest BCUT2D eigenvalue weighted by Crippen LogP contribution is 2.04. The highest BCUT2D eigenvalue weighted by atomic mass is 35.5. The van der Waals surface area contributed by atoms with E-state index in [0.717, 1.165) is 11.3 Å². The lowest BCUT2D eigenvalue weighted by Gasteiger charge is -2.05. The van der Waals surface area contributed by atoms with Crippen molar-refractivity contribution < 1.29 is 4.79 Å². The number of nitrogens with one attached hydrogen (secondary N) is 1. The van der Waals surface area contributed by atoms with Crippen molar-refractivity contribution in [1.29, 1.82) is 0 Å². The summed E-state index contributed by atoms with van der Waals surface area (Å²) in [7, 11) is 0. The molecule has 1 aromatic heterocycles. The van der Waals surface area contributed by atoms with Gasteiger partial charge in [-0.15, -0.1) is 11.6 Å². The normalized spacial score (nSPS) is 10.1. The maximum Gasteiger partial charge on any atom is 0.253 e. The van der Waals surface area contributed by atoms with E-state index in [-0.39, 0.29) is 5.91 Å². The zero-order valence-electron chi connectivity index (χ0n) is 9.77. The Hall–Kier alpha value is -1.87. The van der Waals surface area contributed by atoms with Crippen molar-refractivity contribution in [3.63, 3.8) is 0 Å². The van der Waals surface area contributed by atoms with Crippen LogP contribution in [0.4, 0.5) is 0 Å². The lowest BCUT2D eigenvalue weighted by Crippen LogP contribution is -2.22. The van der Waals surface area contributed by atoms with E-state index in [9.17, 15) is 4.79 Å². The van der Waals surface area contributed by atoms with Crippen molar-refractivity contribution in [2.45, 2.75) is 12.4 Å². The molecule has 92 valence electrons. The second-order valence-corrected chi connectivity index (χ2v) is 4.11. The van der Waals surface area contributed by atoms with Crippen molar-refractivity contribution in [2.24, 2.45) is 0 Å². The Morgan fingerprint density at radius 1 is 1.17 bits per heavy atom. The maximum atomic E-state index is 11.8. The fourth-order valence-electron chi connectivity index (χ4n) is 1.52. The van der Waals surface area contributed by atoms with E-state index in [1.54, 1.807) is 12.1 Å². The van der Waals surface area contributed by atoms with Gasteiger partial charge in [0.15, 0.2) is 0 Å². The maximum absolute atomic E-state index is 11.8. The summed E-state index contributed by atoms with van der Waals surface area (Å²) in [4.78, 5) is 15.9. The summed E-state index contributed by atoms with van der Waals surface area (Å²) in [5.74, 6) is 0.221. The minimum Gasteiger partial charge on any atom is -0.348 e. The zero-order chi connectivity index (χ0) is 12.8. The van der Waals surface area contributed by atoms with E-state index in [2.05, 4.69) is 10.3 Å². The summed E-state index contributed by atoms with van der Waals surface area (Å²) < 4.78 is 0. The molecule has 2 rings (SSSR count). The van der Waals surface area contributed by atoms with Gasteiger partial charge in [-0.1, -0.05) is 30.3 Å². The molecule has 1 amide bonds. The van der Waals surface area contributed by atoms with Crippen molar-refractivity contribution in [2.75, 3.05) is 0 Å². The number of halogens is 1. The van der Waals surface area contributed by atoms with Crippen LogP contribution in [-0.4, -0.2) is 10.9 Å². The molecule has 0 saturated carbocycles. The Kier molecular flexibility index (Phi) is 4.31. The summed E-state index contributed by atoms with van der Waals surface area (Å²) in [5, 5.41) is 2.84. The largest absolute Gasteiger partial charge is 0.348 e. The van der Waals surface area contributed by atoms with E-state index >= 15 is 0 Å². The van der Waals surface area contributed by atoms with Gasteiger partial charge >= 0.3 is 0 Å². The summed E-state index contributed by atoms with van der Waals surface area (Å²) in [6.07, 6.45) is 1.54. The second-order valence-electron chi connectivity index (χ2n) is 3.84. The molecule has 0 spiro atoms. The van der Waals surface area contributed by atoms with Crippen LogP contribution in [0.3, 0.4) is 0 Å². The van der Waals surface area contributed by atoms with Gasteiger partial charge in [-0.3, -0.25) is 9.78 Å². The van der Waals surface area contributed by atoms with Crippen molar-refractivity contribution in [1.82, 2.24) is 10.3 Å². The number of aromatic nitrogens is 1. The van der Waals surface area contributed by atoms with Crippen LogP contribution in [0.5, 0.6) is 0 Å². The summed E-state index contributed by atoms with van der Waals surface area (Å²) >= 11 is 5.64. The Bertz CT molecular complexity index is 511. The molecule has 0 radical (unpaired) electrons. The van der Waals surface area contributed by atoms with Gasteiger partial charge < -0.3 is 5.32 Å². The highest BCUT2D eigenvalue weighted by Gasteiger charge is 2.05. The second kappa shape index (κ2) is 6.17. The summed E-state index contributed by atoms with van der Waals surface area (Å²) in [5.41, 5.74) is 2.37. The Morgan fingerprint density at radius 3 is 2.56 bits per heavy atom. The van der Waals surface area contributed by atoms with E-state index in [4.69, 9.17) is 11.6 Å². The minimum absolute atomic E-state index is 0.132. The molecular formula is C14H13ClN2O.